The molecular formula is C10H11N5O3S2. The molecule has 2 atom stereocenters. The maximum atomic E-state index is 11.7. The molecule has 3 rings (SSSR count). The molecule has 2 aliphatic rings. The van der Waals surface area contributed by atoms with Crippen LogP contribution >= 0.6 is 23.5 Å². The van der Waals surface area contributed by atoms with Crippen molar-refractivity contribution in [1.29, 1.82) is 0 Å². The summed E-state index contributed by atoms with van der Waals surface area (Å²) in [4.78, 5) is 24.5. The van der Waals surface area contributed by atoms with Gasteiger partial charge in [0.2, 0.25) is 5.91 Å². The quantitative estimate of drug-likeness (QED) is 0.501. The number of carbonyl (C=O) groups excluding carboxylic acids is 1. The van der Waals surface area contributed by atoms with E-state index in [1.165, 1.54) is 28.4 Å². The van der Waals surface area contributed by atoms with Crippen LogP contribution in [0.3, 0.4) is 0 Å². The molecule has 0 radical (unpaired) electrons. The third-order valence-corrected chi connectivity index (χ3v) is 5.42. The number of carboxylic acid groups (broad SMARTS) is 1. The Balaban J connectivity index is 1.82. The fourth-order valence-electron chi connectivity index (χ4n) is 2.11. The van der Waals surface area contributed by atoms with E-state index < -0.39 is 12.0 Å². The second kappa shape index (κ2) is 5.11. The van der Waals surface area contributed by atoms with Crippen molar-refractivity contribution in [2.45, 2.75) is 16.4 Å². The van der Waals surface area contributed by atoms with Crippen LogP contribution in [0.25, 0.3) is 0 Å². The highest BCUT2D eigenvalue weighted by atomic mass is 32.2. The van der Waals surface area contributed by atoms with Gasteiger partial charge in [-0.2, -0.15) is 10.3 Å². The number of hydrogen-bond acceptors (Lipinski definition) is 7. The van der Waals surface area contributed by atoms with E-state index in [1.54, 1.807) is 6.20 Å². The molecule has 10 heteroatoms. The van der Waals surface area contributed by atoms with Crippen molar-refractivity contribution in [2.75, 3.05) is 11.5 Å². The molecule has 0 bridgehead atoms. The SMILES string of the molecule is N[C@@H]1C(=O)N2C(C(=O)O)=C(CSc3cn[nH]n3)CSC12. The van der Waals surface area contributed by atoms with Gasteiger partial charge in [-0.1, -0.05) is 11.8 Å². The Morgan fingerprint density at radius 2 is 2.50 bits per heavy atom. The highest BCUT2D eigenvalue weighted by Crippen LogP contribution is 2.40. The smallest absolute Gasteiger partial charge is 0.352 e. The van der Waals surface area contributed by atoms with Crippen molar-refractivity contribution in [1.82, 2.24) is 20.3 Å². The third-order valence-electron chi connectivity index (χ3n) is 3.08. The predicted octanol–water partition coefficient (Wildman–Crippen LogP) is -0.522. The van der Waals surface area contributed by atoms with Crippen molar-refractivity contribution in [3.8, 4) is 0 Å². The Bertz CT molecular complexity index is 588. The van der Waals surface area contributed by atoms with E-state index in [9.17, 15) is 14.7 Å². The minimum Gasteiger partial charge on any atom is -0.477 e. The Morgan fingerprint density at radius 1 is 1.70 bits per heavy atom. The number of rotatable bonds is 4. The van der Waals surface area contributed by atoms with Crippen LogP contribution in [0.15, 0.2) is 22.5 Å². The number of aromatic amines is 1. The van der Waals surface area contributed by atoms with Crippen LogP contribution in [-0.4, -0.2) is 60.2 Å². The molecule has 0 aliphatic carbocycles. The fraction of sp³-hybridized carbons (Fsp3) is 0.400. The van der Waals surface area contributed by atoms with Crippen LogP contribution in [0.2, 0.25) is 0 Å². The van der Waals surface area contributed by atoms with Crippen LogP contribution in [0, 0.1) is 0 Å². The molecule has 1 saturated heterocycles. The molecule has 1 aromatic heterocycles. The van der Waals surface area contributed by atoms with Crippen molar-refractivity contribution < 1.29 is 14.7 Å². The number of H-pyrrole nitrogens is 1. The summed E-state index contributed by atoms with van der Waals surface area (Å²) in [5.41, 5.74) is 6.45. The topological polar surface area (TPSA) is 125 Å². The number of β-lactam (4-membered cyclic amide) rings is 1. The van der Waals surface area contributed by atoms with Crippen molar-refractivity contribution >= 4 is 35.4 Å². The Kier molecular flexibility index (Phi) is 3.44. The first kappa shape index (κ1) is 13.5. The molecular weight excluding hydrogens is 302 g/mol. The second-order valence-corrected chi connectivity index (χ2v) is 6.39. The summed E-state index contributed by atoms with van der Waals surface area (Å²) in [6.45, 7) is 0. The fourth-order valence-corrected chi connectivity index (χ4v) is 4.33. The van der Waals surface area contributed by atoms with Crippen molar-refractivity contribution in [3.05, 3.63) is 17.5 Å². The maximum absolute atomic E-state index is 11.7. The van der Waals surface area contributed by atoms with Gasteiger partial charge >= 0.3 is 5.97 Å². The number of aliphatic carboxylic acids is 1. The Hall–Kier alpha value is -1.52. The number of amides is 1. The van der Waals surface area contributed by atoms with Gasteiger partial charge in [0.05, 0.1) is 6.20 Å². The van der Waals surface area contributed by atoms with Gasteiger partial charge in [0.15, 0.2) is 0 Å². The molecule has 1 fully saturated rings. The Morgan fingerprint density at radius 3 is 3.15 bits per heavy atom. The van der Waals surface area contributed by atoms with E-state index >= 15 is 0 Å². The van der Waals surface area contributed by atoms with Gasteiger partial charge in [-0.3, -0.25) is 9.69 Å². The predicted molar refractivity (Wildman–Crippen MR) is 72.8 cm³/mol. The summed E-state index contributed by atoms with van der Waals surface area (Å²) in [7, 11) is 0. The highest BCUT2D eigenvalue weighted by Gasteiger charge is 2.51. The van der Waals surface area contributed by atoms with E-state index in [2.05, 4.69) is 15.4 Å². The number of nitrogens with one attached hydrogen (secondary N) is 1. The van der Waals surface area contributed by atoms with Gasteiger partial charge in [-0.15, -0.1) is 16.9 Å². The number of hydrogen-bond donors (Lipinski definition) is 3. The summed E-state index contributed by atoms with van der Waals surface area (Å²) in [6, 6.07) is -0.598. The van der Waals surface area contributed by atoms with E-state index in [1.807, 2.05) is 0 Å². The summed E-state index contributed by atoms with van der Waals surface area (Å²) in [6.07, 6.45) is 1.56. The average molecular weight is 313 g/mol. The van der Waals surface area contributed by atoms with Crippen LogP contribution in [-0.2, 0) is 9.59 Å². The first-order chi connectivity index (χ1) is 9.59. The summed E-state index contributed by atoms with van der Waals surface area (Å²) in [5, 5.41) is 19.8. The zero-order chi connectivity index (χ0) is 14.3. The number of carbonyl (C=O) groups is 2. The molecule has 0 aromatic carbocycles. The summed E-state index contributed by atoms with van der Waals surface area (Å²) < 4.78 is 0. The number of nitrogens with two attached hydrogens (primary N) is 1. The second-order valence-electron chi connectivity index (χ2n) is 4.29. The minimum atomic E-state index is -1.09. The summed E-state index contributed by atoms with van der Waals surface area (Å²) >= 11 is 2.87. The molecule has 1 unspecified atom stereocenters. The van der Waals surface area contributed by atoms with Gasteiger partial charge in [-0.05, 0) is 5.57 Å². The average Bonchev–Trinajstić information content (AvgIpc) is 2.96. The van der Waals surface area contributed by atoms with E-state index in [0.29, 0.717) is 22.1 Å². The van der Waals surface area contributed by atoms with Crippen molar-refractivity contribution in [3.63, 3.8) is 0 Å². The van der Waals surface area contributed by atoms with Crippen LogP contribution in [0.4, 0.5) is 0 Å². The molecule has 0 saturated carbocycles. The van der Waals surface area contributed by atoms with Crippen molar-refractivity contribution in [2.24, 2.45) is 5.73 Å². The van der Waals surface area contributed by atoms with Crippen LogP contribution in [0.1, 0.15) is 0 Å². The molecule has 0 spiro atoms. The number of fused-ring (bicyclic) bond motifs is 1. The lowest BCUT2D eigenvalue weighted by Crippen LogP contribution is -2.68. The number of carboxylic acids is 1. The third kappa shape index (κ3) is 2.09. The molecule has 1 amide bonds. The minimum absolute atomic E-state index is 0.0662. The van der Waals surface area contributed by atoms with Gasteiger partial charge in [0.1, 0.15) is 22.1 Å². The highest BCUT2D eigenvalue weighted by molar-refractivity contribution is 8.01. The summed E-state index contributed by atoms with van der Waals surface area (Å²) in [5.74, 6) is -0.420. The van der Waals surface area contributed by atoms with Gasteiger partial charge in [0, 0.05) is 11.5 Å². The first-order valence-corrected chi connectivity index (χ1v) is 7.77. The molecule has 8 nitrogen and oxygen atoms in total. The van der Waals surface area contributed by atoms with E-state index in [4.69, 9.17) is 5.73 Å². The number of aromatic nitrogens is 3. The van der Waals surface area contributed by atoms with Crippen LogP contribution < -0.4 is 5.73 Å². The molecule has 106 valence electrons. The molecule has 3 heterocycles. The molecule has 1 aromatic rings. The largest absolute Gasteiger partial charge is 0.477 e. The van der Waals surface area contributed by atoms with Gasteiger partial charge in [0.25, 0.3) is 0 Å². The first-order valence-electron chi connectivity index (χ1n) is 5.73. The zero-order valence-corrected chi connectivity index (χ0v) is 11.8. The standard InChI is InChI=1S/C10H11N5O3S2/c11-6-8(16)15-7(10(17)18)4(3-20-9(6)15)2-19-5-1-12-14-13-5/h1,6,9H,2-3,11H2,(H,17,18)(H,12,13,14)/t6-,9?/m1/s1. The number of thioether (sulfide) groups is 2. The molecule has 4 N–H and O–H groups in total. The van der Waals surface area contributed by atoms with Gasteiger partial charge < -0.3 is 10.8 Å². The maximum Gasteiger partial charge on any atom is 0.352 e. The van der Waals surface area contributed by atoms with E-state index in [0.717, 1.165) is 0 Å². The van der Waals surface area contributed by atoms with Gasteiger partial charge in [-0.25, -0.2) is 4.79 Å². The lowest BCUT2D eigenvalue weighted by Gasteiger charge is -2.48. The lowest BCUT2D eigenvalue weighted by molar-refractivity contribution is -0.147. The monoisotopic (exact) mass is 313 g/mol. The molecule has 2 aliphatic heterocycles. The molecule has 20 heavy (non-hydrogen) atoms. The van der Waals surface area contributed by atoms with E-state index in [-0.39, 0.29) is 17.0 Å². The zero-order valence-electron chi connectivity index (χ0n) is 10.1. The Labute approximate surface area is 122 Å². The lowest BCUT2D eigenvalue weighted by atomic mass is 10.0. The van der Waals surface area contributed by atoms with Crippen LogP contribution in [0.5, 0.6) is 0 Å². The normalized spacial score (nSPS) is 25.4. The number of nitrogens with zero attached hydrogens (tertiary/aromatic N) is 3.